The molecule has 3 rings (SSSR count). The largest absolute Gasteiger partial charge is 0.328 e. The Morgan fingerprint density at radius 2 is 2.24 bits per heavy atom. The van der Waals surface area contributed by atoms with Crippen LogP contribution in [0.1, 0.15) is 5.69 Å². The van der Waals surface area contributed by atoms with Gasteiger partial charge in [0.05, 0.1) is 5.69 Å². The Morgan fingerprint density at radius 3 is 3.00 bits per heavy atom. The Kier molecular flexibility index (Phi) is 2.44. The summed E-state index contributed by atoms with van der Waals surface area (Å²) in [5, 5.41) is 2.52. The van der Waals surface area contributed by atoms with Crippen LogP contribution in [0.25, 0.3) is 0 Å². The monoisotopic (exact) mass is 246 g/mol. The van der Waals surface area contributed by atoms with E-state index in [1.807, 2.05) is 0 Å². The molecule has 1 saturated heterocycles. The summed E-state index contributed by atoms with van der Waals surface area (Å²) in [6, 6.07) is 0. The van der Waals surface area contributed by atoms with Crippen molar-refractivity contribution in [3.05, 3.63) is 30.4 Å². The summed E-state index contributed by atoms with van der Waals surface area (Å²) in [7, 11) is 0. The molecule has 1 aromatic rings. The molecule has 6 heteroatoms. The molecule has 0 spiro atoms. The minimum absolute atomic E-state index is 0.0437. The number of thioether (sulfide) groups is 1. The first-order valence-electron chi connectivity index (χ1n) is 5.21. The lowest BCUT2D eigenvalue weighted by Crippen LogP contribution is -2.42. The van der Waals surface area contributed by atoms with Crippen LogP contribution in [0.5, 0.6) is 0 Å². The Hall–Kier alpha value is -1.69. The van der Waals surface area contributed by atoms with Gasteiger partial charge >= 0.3 is 0 Å². The van der Waals surface area contributed by atoms with Gasteiger partial charge in [-0.1, -0.05) is 6.58 Å². The Bertz CT molecular complexity index is 540. The van der Waals surface area contributed by atoms with Crippen molar-refractivity contribution >= 4 is 29.2 Å². The molecule has 3 heterocycles. The van der Waals surface area contributed by atoms with Gasteiger partial charge in [-0.2, -0.15) is 0 Å². The van der Waals surface area contributed by atoms with Crippen LogP contribution in [0.15, 0.2) is 29.7 Å². The third-order valence-electron chi connectivity index (χ3n) is 2.62. The van der Waals surface area contributed by atoms with E-state index in [1.165, 1.54) is 0 Å². The fourth-order valence-corrected chi connectivity index (χ4v) is 2.84. The zero-order valence-electron chi connectivity index (χ0n) is 9.01. The highest BCUT2D eigenvalue weighted by Gasteiger charge is 2.32. The molecule has 0 aliphatic carbocycles. The summed E-state index contributed by atoms with van der Waals surface area (Å²) in [4.78, 5) is 24.6. The molecule has 1 N–H and O–H groups in total. The third-order valence-corrected chi connectivity index (χ3v) is 3.95. The smallest absolute Gasteiger partial charge is 0.243 e. The molecular weight excluding hydrogens is 236 g/mol. The lowest BCUT2D eigenvalue weighted by atomic mass is 10.1. The molecule has 0 radical (unpaired) electrons. The number of rotatable bonds is 1. The first-order valence-corrected chi connectivity index (χ1v) is 6.26. The average Bonchev–Trinajstić information content (AvgIpc) is 2.72. The topological polar surface area (TPSA) is 67.2 Å². The maximum atomic E-state index is 11.8. The number of hydrogen-bond acceptors (Lipinski definition) is 5. The van der Waals surface area contributed by atoms with Crippen LogP contribution in [0.4, 0.5) is 5.82 Å². The molecule has 17 heavy (non-hydrogen) atoms. The van der Waals surface area contributed by atoms with Crippen LogP contribution in [-0.2, 0) is 11.2 Å². The van der Waals surface area contributed by atoms with Gasteiger partial charge in [0, 0.05) is 36.0 Å². The van der Waals surface area contributed by atoms with Gasteiger partial charge in [-0.05, 0) is 0 Å². The first kappa shape index (κ1) is 10.5. The van der Waals surface area contributed by atoms with E-state index in [1.54, 1.807) is 24.2 Å². The first-order chi connectivity index (χ1) is 8.24. The van der Waals surface area contributed by atoms with E-state index in [-0.39, 0.29) is 11.2 Å². The maximum absolute atomic E-state index is 11.8. The zero-order valence-corrected chi connectivity index (χ0v) is 9.83. The van der Waals surface area contributed by atoms with Crippen molar-refractivity contribution in [3.8, 4) is 0 Å². The quantitative estimate of drug-likeness (QED) is 0.797. The number of aromatic nitrogens is 2. The molecule has 0 bridgehead atoms. The van der Waals surface area contributed by atoms with Gasteiger partial charge < -0.3 is 5.32 Å². The maximum Gasteiger partial charge on any atom is 0.243 e. The van der Waals surface area contributed by atoms with Gasteiger partial charge in [0.1, 0.15) is 5.25 Å². The van der Waals surface area contributed by atoms with Crippen molar-refractivity contribution in [2.45, 2.75) is 11.7 Å². The molecular formula is C11H10N4OS. The van der Waals surface area contributed by atoms with Crippen molar-refractivity contribution in [1.29, 1.82) is 0 Å². The third kappa shape index (κ3) is 1.84. The van der Waals surface area contributed by atoms with E-state index in [0.717, 1.165) is 22.9 Å². The van der Waals surface area contributed by atoms with E-state index in [2.05, 4.69) is 26.9 Å². The molecule has 1 amide bonds. The van der Waals surface area contributed by atoms with Crippen molar-refractivity contribution in [2.75, 3.05) is 5.75 Å². The summed E-state index contributed by atoms with van der Waals surface area (Å²) in [5.41, 5.74) is 2.44. The predicted molar refractivity (Wildman–Crippen MR) is 66.4 cm³/mol. The number of aliphatic imine (C=N–C) groups is 1. The van der Waals surface area contributed by atoms with Gasteiger partial charge in [-0.25, -0.2) is 9.98 Å². The summed E-state index contributed by atoms with van der Waals surface area (Å²) in [5.74, 6) is 1.32. The van der Waals surface area contributed by atoms with Crippen LogP contribution < -0.4 is 5.32 Å². The van der Waals surface area contributed by atoms with Crippen molar-refractivity contribution < 1.29 is 4.79 Å². The van der Waals surface area contributed by atoms with Crippen molar-refractivity contribution in [3.63, 3.8) is 0 Å². The number of carbonyl (C=O) groups excluding carboxylic acids is 1. The Labute approximate surface area is 102 Å². The Morgan fingerprint density at radius 1 is 1.41 bits per heavy atom. The molecule has 1 atom stereocenters. The summed E-state index contributed by atoms with van der Waals surface area (Å²) in [6.45, 7) is 3.75. The molecule has 86 valence electrons. The SMILES string of the molecule is C=C1CSC(C2=Nc3nccnc3C2)C(=O)N1. The molecule has 5 nitrogen and oxygen atoms in total. The van der Waals surface area contributed by atoms with Crippen LogP contribution >= 0.6 is 11.8 Å². The number of fused-ring (bicyclic) bond motifs is 1. The lowest BCUT2D eigenvalue weighted by molar-refractivity contribution is -0.118. The van der Waals surface area contributed by atoms with Crippen LogP contribution in [-0.4, -0.2) is 32.6 Å². The molecule has 1 unspecified atom stereocenters. The fourth-order valence-electron chi connectivity index (χ4n) is 1.86. The second-order valence-corrected chi connectivity index (χ2v) is 4.98. The van der Waals surface area contributed by atoms with E-state index in [4.69, 9.17) is 0 Å². The highest BCUT2D eigenvalue weighted by atomic mass is 32.2. The van der Waals surface area contributed by atoms with E-state index in [0.29, 0.717) is 12.2 Å². The van der Waals surface area contributed by atoms with Gasteiger partial charge in [0.15, 0.2) is 5.82 Å². The van der Waals surface area contributed by atoms with Gasteiger partial charge in [-0.15, -0.1) is 11.8 Å². The molecule has 0 saturated carbocycles. The minimum Gasteiger partial charge on any atom is -0.328 e. The highest BCUT2D eigenvalue weighted by molar-refractivity contribution is 8.01. The number of carbonyl (C=O) groups is 1. The molecule has 2 aliphatic rings. The molecule has 1 fully saturated rings. The zero-order chi connectivity index (χ0) is 11.8. The number of hydrogen-bond donors (Lipinski definition) is 1. The summed E-state index contributed by atoms with van der Waals surface area (Å²) >= 11 is 1.55. The normalized spacial score (nSPS) is 23.1. The van der Waals surface area contributed by atoms with Crippen LogP contribution in [0, 0.1) is 0 Å². The number of amides is 1. The number of nitrogens with zero attached hydrogens (tertiary/aromatic N) is 3. The van der Waals surface area contributed by atoms with E-state index >= 15 is 0 Å². The van der Waals surface area contributed by atoms with Crippen LogP contribution in [0.3, 0.4) is 0 Å². The average molecular weight is 246 g/mol. The predicted octanol–water partition coefficient (Wildman–Crippen LogP) is 0.850. The van der Waals surface area contributed by atoms with Crippen molar-refractivity contribution in [2.24, 2.45) is 4.99 Å². The minimum atomic E-state index is -0.239. The standard InChI is InChI=1S/C11H10N4OS/c1-6-5-17-9(11(16)14-6)7-4-8-10(15-7)13-3-2-12-8/h2-3,9H,1,4-5H2,(H,14,16). The van der Waals surface area contributed by atoms with Gasteiger partial charge in [-0.3, -0.25) is 9.78 Å². The molecule has 1 aromatic heterocycles. The fraction of sp³-hybridized carbons (Fsp3) is 0.273. The van der Waals surface area contributed by atoms with Crippen LogP contribution in [0.2, 0.25) is 0 Å². The van der Waals surface area contributed by atoms with E-state index in [9.17, 15) is 4.79 Å². The second kappa shape index (κ2) is 3.96. The van der Waals surface area contributed by atoms with Crippen molar-refractivity contribution in [1.82, 2.24) is 15.3 Å². The molecule has 2 aliphatic heterocycles. The summed E-state index contributed by atoms with van der Waals surface area (Å²) in [6.07, 6.45) is 3.87. The molecule has 0 aromatic carbocycles. The van der Waals surface area contributed by atoms with Gasteiger partial charge in [0.2, 0.25) is 5.91 Å². The van der Waals surface area contributed by atoms with Gasteiger partial charge in [0.25, 0.3) is 0 Å². The Balaban J connectivity index is 1.84. The summed E-state index contributed by atoms with van der Waals surface area (Å²) < 4.78 is 0. The highest BCUT2D eigenvalue weighted by Crippen LogP contribution is 2.29. The van der Waals surface area contributed by atoms with E-state index < -0.39 is 0 Å². The number of nitrogens with one attached hydrogen (secondary N) is 1. The second-order valence-electron chi connectivity index (χ2n) is 3.89. The lowest BCUT2D eigenvalue weighted by Gasteiger charge is -2.22.